The van der Waals surface area contributed by atoms with Crippen LogP contribution >= 0.6 is 0 Å². The monoisotopic (exact) mass is 305 g/mol. The number of carbonyl (C=O) groups is 2. The molecule has 1 aromatic rings. The number of ether oxygens (including phenoxy) is 1. The summed E-state index contributed by atoms with van der Waals surface area (Å²) in [4.78, 5) is 25.8. The van der Waals surface area contributed by atoms with Crippen LogP contribution in [0.4, 0.5) is 4.79 Å². The number of nitrogens with two attached hydrogens (primary N) is 1. The van der Waals surface area contributed by atoms with E-state index in [0.717, 1.165) is 17.7 Å². The summed E-state index contributed by atoms with van der Waals surface area (Å²) in [5.74, 6) is 0.513. The second-order valence-corrected chi connectivity index (χ2v) is 5.53. The molecule has 0 spiro atoms. The Morgan fingerprint density at radius 1 is 1.27 bits per heavy atom. The Balaban J connectivity index is 2.16. The molecule has 2 rings (SSSR count). The molecule has 1 aliphatic rings. The minimum Gasteiger partial charge on any atom is -0.494 e. The highest BCUT2D eigenvalue weighted by Gasteiger charge is 2.48. The van der Waals surface area contributed by atoms with E-state index in [1.54, 1.807) is 6.92 Å². The summed E-state index contributed by atoms with van der Waals surface area (Å²) < 4.78 is 5.53. The summed E-state index contributed by atoms with van der Waals surface area (Å²) in [5.41, 5.74) is 5.16. The van der Waals surface area contributed by atoms with Crippen molar-refractivity contribution in [1.29, 1.82) is 0 Å². The first-order valence-corrected chi connectivity index (χ1v) is 7.60. The van der Waals surface area contributed by atoms with Crippen LogP contribution in [-0.2, 0) is 10.3 Å². The number of urea groups is 1. The predicted molar refractivity (Wildman–Crippen MR) is 83.5 cm³/mol. The zero-order chi connectivity index (χ0) is 16.2. The van der Waals surface area contributed by atoms with Gasteiger partial charge in [0.05, 0.1) is 6.61 Å². The molecule has 0 saturated carbocycles. The van der Waals surface area contributed by atoms with Crippen LogP contribution in [0.1, 0.15) is 32.3 Å². The summed E-state index contributed by atoms with van der Waals surface area (Å²) in [6.07, 6.45) is 1.53. The van der Waals surface area contributed by atoms with Gasteiger partial charge in [0.2, 0.25) is 0 Å². The van der Waals surface area contributed by atoms with Crippen molar-refractivity contribution in [3.63, 3.8) is 0 Å². The molecule has 6 heteroatoms. The molecule has 6 nitrogen and oxygen atoms in total. The zero-order valence-electron chi connectivity index (χ0n) is 13.1. The molecule has 3 amide bonds. The van der Waals surface area contributed by atoms with Crippen LogP contribution in [0.3, 0.4) is 0 Å². The third kappa shape index (κ3) is 3.06. The van der Waals surface area contributed by atoms with Crippen molar-refractivity contribution in [3.8, 4) is 5.75 Å². The Morgan fingerprint density at radius 2 is 1.95 bits per heavy atom. The fourth-order valence-electron chi connectivity index (χ4n) is 2.45. The summed E-state index contributed by atoms with van der Waals surface area (Å²) >= 11 is 0. The van der Waals surface area contributed by atoms with E-state index >= 15 is 0 Å². The molecule has 120 valence electrons. The standard InChI is InChI=1S/C16H23N3O3/c1-3-11-22-13-7-5-12(6-8-13)16(2)14(20)19(10-4-9-17)15(21)18-16/h5-8H,3-4,9-11,17H2,1-2H3,(H,18,21). The first kappa shape index (κ1) is 16.3. The lowest BCUT2D eigenvalue weighted by molar-refractivity contribution is -0.131. The van der Waals surface area contributed by atoms with Crippen LogP contribution in [0.25, 0.3) is 0 Å². The summed E-state index contributed by atoms with van der Waals surface area (Å²) in [6.45, 7) is 5.19. The number of imide groups is 1. The lowest BCUT2D eigenvalue weighted by atomic mass is 9.92. The van der Waals surface area contributed by atoms with Gasteiger partial charge < -0.3 is 15.8 Å². The van der Waals surface area contributed by atoms with Gasteiger partial charge in [-0.05, 0) is 44.0 Å². The van der Waals surface area contributed by atoms with E-state index in [9.17, 15) is 9.59 Å². The van der Waals surface area contributed by atoms with Crippen molar-refractivity contribution in [3.05, 3.63) is 29.8 Å². The minimum atomic E-state index is -1.03. The summed E-state index contributed by atoms with van der Waals surface area (Å²) in [6, 6.07) is 6.90. The highest BCUT2D eigenvalue weighted by molar-refractivity contribution is 6.07. The highest BCUT2D eigenvalue weighted by Crippen LogP contribution is 2.30. The second-order valence-electron chi connectivity index (χ2n) is 5.53. The Morgan fingerprint density at radius 3 is 2.55 bits per heavy atom. The van der Waals surface area contributed by atoms with Gasteiger partial charge in [-0.15, -0.1) is 0 Å². The fourth-order valence-corrected chi connectivity index (χ4v) is 2.45. The molecule has 3 N–H and O–H groups in total. The van der Waals surface area contributed by atoms with E-state index < -0.39 is 5.54 Å². The molecule has 0 bridgehead atoms. The second kappa shape index (κ2) is 6.79. The number of nitrogens with one attached hydrogen (secondary N) is 1. The number of hydrogen-bond acceptors (Lipinski definition) is 4. The molecule has 0 radical (unpaired) electrons. The Labute approximate surface area is 130 Å². The number of carbonyl (C=O) groups excluding carboxylic acids is 2. The van der Waals surface area contributed by atoms with Crippen LogP contribution in [-0.4, -0.2) is 36.5 Å². The Bertz CT molecular complexity index is 544. The van der Waals surface area contributed by atoms with Crippen molar-refractivity contribution >= 4 is 11.9 Å². The van der Waals surface area contributed by atoms with Gasteiger partial charge >= 0.3 is 6.03 Å². The summed E-state index contributed by atoms with van der Waals surface area (Å²) in [5, 5.41) is 2.77. The van der Waals surface area contributed by atoms with E-state index in [1.165, 1.54) is 4.90 Å². The number of amides is 3. The van der Waals surface area contributed by atoms with Crippen LogP contribution in [0.5, 0.6) is 5.75 Å². The SMILES string of the molecule is CCCOc1ccc(C2(C)NC(=O)N(CCCN)C2=O)cc1. The average molecular weight is 305 g/mol. The third-order valence-electron chi connectivity index (χ3n) is 3.77. The molecule has 1 aliphatic heterocycles. The van der Waals surface area contributed by atoms with Gasteiger partial charge in [-0.2, -0.15) is 0 Å². The van der Waals surface area contributed by atoms with Crippen molar-refractivity contribution in [2.24, 2.45) is 5.73 Å². The van der Waals surface area contributed by atoms with Crippen LogP contribution < -0.4 is 15.8 Å². The van der Waals surface area contributed by atoms with Gasteiger partial charge in [-0.1, -0.05) is 19.1 Å². The van der Waals surface area contributed by atoms with E-state index in [-0.39, 0.29) is 11.9 Å². The van der Waals surface area contributed by atoms with E-state index in [1.807, 2.05) is 31.2 Å². The maximum atomic E-state index is 12.6. The lowest BCUT2D eigenvalue weighted by Crippen LogP contribution is -2.41. The molecular formula is C16H23N3O3. The van der Waals surface area contributed by atoms with Crippen LogP contribution in [0.2, 0.25) is 0 Å². The van der Waals surface area contributed by atoms with Gasteiger partial charge in [0.1, 0.15) is 11.3 Å². The molecule has 1 heterocycles. The molecule has 1 saturated heterocycles. The smallest absolute Gasteiger partial charge is 0.325 e. The molecule has 1 unspecified atom stereocenters. The quantitative estimate of drug-likeness (QED) is 0.749. The first-order chi connectivity index (χ1) is 10.5. The van der Waals surface area contributed by atoms with Crippen molar-refractivity contribution in [1.82, 2.24) is 10.2 Å². The normalized spacial score (nSPS) is 21.1. The lowest BCUT2D eigenvalue weighted by Gasteiger charge is -2.22. The Hall–Kier alpha value is -2.08. The third-order valence-corrected chi connectivity index (χ3v) is 3.77. The van der Waals surface area contributed by atoms with Gasteiger partial charge in [-0.3, -0.25) is 9.69 Å². The average Bonchev–Trinajstić information content (AvgIpc) is 2.74. The molecule has 0 aromatic heterocycles. The minimum absolute atomic E-state index is 0.242. The maximum absolute atomic E-state index is 12.6. The summed E-state index contributed by atoms with van der Waals surface area (Å²) in [7, 11) is 0. The van der Waals surface area contributed by atoms with Gasteiger partial charge in [0.15, 0.2) is 0 Å². The fraction of sp³-hybridized carbons (Fsp3) is 0.500. The molecular weight excluding hydrogens is 282 g/mol. The number of rotatable bonds is 7. The van der Waals surface area contributed by atoms with E-state index in [4.69, 9.17) is 10.5 Å². The zero-order valence-corrected chi connectivity index (χ0v) is 13.1. The molecule has 1 fully saturated rings. The van der Waals surface area contributed by atoms with Crippen molar-refractivity contribution < 1.29 is 14.3 Å². The van der Waals surface area contributed by atoms with Gasteiger partial charge in [0.25, 0.3) is 5.91 Å². The van der Waals surface area contributed by atoms with Crippen molar-refractivity contribution in [2.45, 2.75) is 32.2 Å². The topological polar surface area (TPSA) is 84.7 Å². The largest absolute Gasteiger partial charge is 0.494 e. The van der Waals surface area contributed by atoms with E-state index in [0.29, 0.717) is 26.1 Å². The maximum Gasteiger partial charge on any atom is 0.325 e. The molecule has 1 aromatic carbocycles. The predicted octanol–water partition coefficient (Wildman–Crippen LogP) is 1.59. The number of benzene rings is 1. The van der Waals surface area contributed by atoms with E-state index in [2.05, 4.69) is 5.32 Å². The van der Waals surface area contributed by atoms with Gasteiger partial charge in [-0.25, -0.2) is 4.79 Å². The molecule has 22 heavy (non-hydrogen) atoms. The van der Waals surface area contributed by atoms with Crippen molar-refractivity contribution in [2.75, 3.05) is 19.7 Å². The number of hydrogen-bond donors (Lipinski definition) is 2. The molecule has 1 atom stereocenters. The van der Waals surface area contributed by atoms with Crippen LogP contribution in [0, 0.1) is 0 Å². The first-order valence-electron chi connectivity index (χ1n) is 7.60. The Kier molecular flexibility index (Phi) is 5.03. The van der Waals surface area contributed by atoms with Crippen LogP contribution in [0.15, 0.2) is 24.3 Å². The molecule has 0 aliphatic carbocycles. The highest BCUT2D eigenvalue weighted by atomic mass is 16.5. The number of nitrogens with zero attached hydrogens (tertiary/aromatic N) is 1. The van der Waals surface area contributed by atoms with Gasteiger partial charge in [0, 0.05) is 6.54 Å².